The van der Waals surface area contributed by atoms with Crippen LogP contribution in [0.1, 0.15) is 36.8 Å². The molecule has 2 aromatic rings. The van der Waals surface area contributed by atoms with Crippen LogP contribution >= 0.6 is 11.3 Å². The summed E-state index contributed by atoms with van der Waals surface area (Å²) in [6.07, 6.45) is 2.40. The van der Waals surface area contributed by atoms with E-state index >= 15 is 0 Å². The number of carbonyl (C=O) groups excluding carboxylic acids is 2. The molecule has 0 saturated carbocycles. The van der Waals surface area contributed by atoms with Gasteiger partial charge in [-0.2, -0.15) is 0 Å². The van der Waals surface area contributed by atoms with Gasteiger partial charge in [0.1, 0.15) is 5.75 Å². The molecule has 0 radical (unpaired) electrons. The number of ether oxygens (including phenoxy) is 1. The Bertz CT molecular complexity index is 831. The van der Waals surface area contributed by atoms with Crippen LogP contribution in [0.15, 0.2) is 17.5 Å². The second-order valence-electron chi connectivity index (χ2n) is 6.56. The molecule has 6 nitrogen and oxygen atoms in total. The van der Waals surface area contributed by atoms with Crippen molar-refractivity contribution in [3.8, 4) is 17.0 Å². The van der Waals surface area contributed by atoms with E-state index in [2.05, 4.69) is 21.7 Å². The van der Waals surface area contributed by atoms with Gasteiger partial charge in [0.25, 0.3) is 0 Å². The van der Waals surface area contributed by atoms with Crippen molar-refractivity contribution in [2.24, 2.45) is 0 Å². The van der Waals surface area contributed by atoms with E-state index in [4.69, 9.17) is 4.74 Å². The first-order valence-electron chi connectivity index (χ1n) is 8.66. The summed E-state index contributed by atoms with van der Waals surface area (Å²) in [5.41, 5.74) is 4.00. The minimum Gasteiger partial charge on any atom is -0.496 e. The van der Waals surface area contributed by atoms with Crippen molar-refractivity contribution in [1.82, 2.24) is 10.3 Å². The van der Waals surface area contributed by atoms with Gasteiger partial charge in [0.15, 0.2) is 5.13 Å². The van der Waals surface area contributed by atoms with Crippen LogP contribution in [-0.4, -0.2) is 29.9 Å². The van der Waals surface area contributed by atoms with E-state index in [1.165, 1.54) is 11.3 Å². The molecule has 138 valence electrons. The van der Waals surface area contributed by atoms with Crippen molar-refractivity contribution < 1.29 is 14.3 Å². The SMILES string of the molecule is COc1cc(C)c(-c2csc(NC(=O)CC[C@@H]3CCC(=O)N3)n2)cc1C. The number of methoxy groups -OCH3 is 1. The molecule has 1 aliphatic rings. The summed E-state index contributed by atoms with van der Waals surface area (Å²) in [5, 5.41) is 8.27. The van der Waals surface area contributed by atoms with Crippen LogP contribution in [0.2, 0.25) is 0 Å². The first kappa shape index (κ1) is 18.4. The van der Waals surface area contributed by atoms with Crippen molar-refractivity contribution in [3.63, 3.8) is 0 Å². The van der Waals surface area contributed by atoms with Crippen LogP contribution in [-0.2, 0) is 9.59 Å². The molecular formula is C19H23N3O3S. The summed E-state index contributed by atoms with van der Waals surface area (Å²) in [4.78, 5) is 27.9. The third kappa shape index (κ3) is 4.22. The van der Waals surface area contributed by atoms with Gasteiger partial charge in [-0.15, -0.1) is 11.3 Å². The summed E-state index contributed by atoms with van der Waals surface area (Å²) < 4.78 is 5.35. The van der Waals surface area contributed by atoms with Crippen LogP contribution in [0, 0.1) is 13.8 Å². The van der Waals surface area contributed by atoms with E-state index in [9.17, 15) is 9.59 Å². The Kier molecular flexibility index (Phi) is 5.56. The number of thiazole rings is 1. The first-order valence-corrected chi connectivity index (χ1v) is 9.54. The topological polar surface area (TPSA) is 80.3 Å². The van der Waals surface area contributed by atoms with Crippen molar-refractivity contribution in [2.45, 2.75) is 45.6 Å². The lowest BCUT2D eigenvalue weighted by atomic mass is 10.0. The van der Waals surface area contributed by atoms with E-state index < -0.39 is 0 Å². The fourth-order valence-electron chi connectivity index (χ4n) is 3.12. The quantitative estimate of drug-likeness (QED) is 0.813. The first-order chi connectivity index (χ1) is 12.5. The maximum Gasteiger partial charge on any atom is 0.226 e. The van der Waals surface area contributed by atoms with E-state index in [-0.39, 0.29) is 17.9 Å². The molecule has 7 heteroatoms. The fourth-order valence-corrected chi connectivity index (χ4v) is 3.85. The van der Waals surface area contributed by atoms with Gasteiger partial charge in [0.2, 0.25) is 11.8 Å². The van der Waals surface area contributed by atoms with Crippen LogP contribution in [0.4, 0.5) is 5.13 Å². The summed E-state index contributed by atoms with van der Waals surface area (Å²) in [5.74, 6) is 0.855. The second kappa shape index (κ2) is 7.86. The van der Waals surface area contributed by atoms with Crippen molar-refractivity contribution >= 4 is 28.3 Å². The molecule has 2 N–H and O–H groups in total. The highest BCUT2D eigenvalue weighted by atomic mass is 32.1. The maximum absolute atomic E-state index is 12.1. The average Bonchev–Trinajstić information content (AvgIpc) is 3.23. The number of carbonyl (C=O) groups is 2. The molecule has 1 saturated heterocycles. The molecule has 1 aromatic heterocycles. The zero-order valence-corrected chi connectivity index (χ0v) is 16.0. The van der Waals surface area contributed by atoms with Gasteiger partial charge >= 0.3 is 0 Å². The molecule has 2 amide bonds. The molecule has 1 fully saturated rings. The average molecular weight is 373 g/mol. The second-order valence-corrected chi connectivity index (χ2v) is 7.42. The Morgan fingerprint density at radius 3 is 2.88 bits per heavy atom. The van der Waals surface area contributed by atoms with Crippen LogP contribution in [0.5, 0.6) is 5.75 Å². The van der Waals surface area contributed by atoms with Gasteiger partial charge in [-0.05, 0) is 49.9 Å². The van der Waals surface area contributed by atoms with Crippen LogP contribution in [0.3, 0.4) is 0 Å². The van der Waals surface area contributed by atoms with E-state index in [1.807, 2.05) is 25.3 Å². The molecule has 0 unspecified atom stereocenters. The van der Waals surface area contributed by atoms with Gasteiger partial charge in [-0.1, -0.05) is 0 Å². The molecule has 0 spiro atoms. The molecule has 0 aliphatic carbocycles. The minimum atomic E-state index is -0.0744. The zero-order chi connectivity index (χ0) is 18.7. The molecule has 0 bridgehead atoms. The van der Waals surface area contributed by atoms with Gasteiger partial charge in [0, 0.05) is 29.8 Å². The summed E-state index contributed by atoms with van der Waals surface area (Å²) in [6.45, 7) is 4.02. The van der Waals surface area contributed by atoms with Crippen LogP contribution < -0.4 is 15.4 Å². The Labute approximate surface area is 157 Å². The number of anilines is 1. The molecule has 1 aromatic carbocycles. The number of hydrogen-bond donors (Lipinski definition) is 2. The van der Waals surface area contributed by atoms with Crippen molar-refractivity contribution in [1.29, 1.82) is 0 Å². The lowest BCUT2D eigenvalue weighted by molar-refractivity contribution is -0.120. The Balaban J connectivity index is 1.62. The Hall–Kier alpha value is -2.41. The highest BCUT2D eigenvalue weighted by Crippen LogP contribution is 2.32. The molecule has 26 heavy (non-hydrogen) atoms. The molecule has 3 rings (SSSR count). The highest BCUT2D eigenvalue weighted by molar-refractivity contribution is 7.14. The summed E-state index contributed by atoms with van der Waals surface area (Å²) in [7, 11) is 1.66. The lowest BCUT2D eigenvalue weighted by Gasteiger charge is -2.10. The van der Waals surface area contributed by atoms with E-state index in [0.29, 0.717) is 24.4 Å². The zero-order valence-electron chi connectivity index (χ0n) is 15.2. The Morgan fingerprint density at radius 1 is 1.38 bits per heavy atom. The van der Waals surface area contributed by atoms with Gasteiger partial charge in [-0.25, -0.2) is 4.98 Å². The molecular weight excluding hydrogens is 350 g/mol. The van der Waals surface area contributed by atoms with Crippen molar-refractivity contribution in [2.75, 3.05) is 12.4 Å². The largest absolute Gasteiger partial charge is 0.496 e. The normalized spacial score (nSPS) is 16.4. The van der Waals surface area contributed by atoms with Gasteiger partial charge in [-0.3, -0.25) is 9.59 Å². The molecule has 2 heterocycles. The number of aryl methyl sites for hydroxylation is 2. The number of nitrogens with one attached hydrogen (secondary N) is 2. The van der Waals surface area contributed by atoms with E-state index in [0.717, 1.165) is 34.6 Å². The third-order valence-corrected chi connectivity index (χ3v) is 5.33. The maximum atomic E-state index is 12.1. The Morgan fingerprint density at radius 2 is 2.19 bits per heavy atom. The number of nitrogens with zero attached hydrogens (tertiary/aromatic N) is 1. The van der Waals surface area contributed by atoms with Crippen LogP contribution in [0.25, 0.3) is 11.3 Å². The number of hydrogen-bond acceptors (Lipinski definition) is 5. The van der Waals surface area contributed by atoms with Gasteiger partial charge < -0.3 is 15.4 Å². The molecule has 1 atom stereocenters. The highest BCUT2D eigenvalue weighted by Gasteiger charge is 2.21. The fraction of sp³-hybridized carbons (Fsp3) is 0.421. The summed E-state index contributed by atoms with van der Waals surface area (Å²) >= 11 is 1.41. The third-order valence-electron chi connectivity index (χ3n) is 4.57. The summed E-state index contributed by atoms with van der Waals surface area (Å²) in [6, 6.07) is 4.17. The smallest absolute Gasteiger partial charge is 0.226 e. The number of rotatable bonds is 6. The van der Waals surface area contributed by atoms with Crippen molar-refractivity contribution in [3.05, 3.63) is 28.6 Å². The standard InChI is InChI=1S/C19H23N3O3S/c1-11-9-16(25-3)12(2)8-14(11)15-10-26-19(21-15)22-18(24)7-5-13-4-6-17(23)20-13/h8-10,13H,4-7H2,1-3H3,(H,20,23)(H,21,22,24)/t13-/m0/s1. The number of benzene rings is 1. The van der Waals surface area contributed by atoms with E-state index in [1.54, 1.807) is 7.11 Å². The molecule has 1 aliphatic heterocycles. The minimum absolute atomic E-state index is 0.0742. The monoisotopic (exact) mass is 373 g/mol. The number of aromatic nitrogens is 1. The van der Waals surface area contributed by atoms with Gasteiger partial charge in [0.05, 0.1) is 12.8 Å². The number of amides is 2. The lowest BCUT2D eigenvalue weighted by Crippen LogP contribution is -2.26. The predicted octanol–water partition coefficient (Wildman–Crippen LogP) is 3.43. The predicted molar refractivity (Wildman–Crippen MR) is 103 cm³/mol.